The van der Waals surface area contributed by atoms with E-state index in [9.17, 15) is 0 Å². The van der Waals surface area contributed by atoms with Gasteiger partial charge in [0.05, 0.1) is 16.7 Å². The van der Waals surface area contributed by atoms with Crippen molar-refractivity contribution in [1.82, 2.24) is 0 Å². The summed E-state index contributed by atoms with van der Waals surface area (Å²) < 4.78 is 19.0. The van der Waals surface area contributed by atoms with Crippen LogP contribution in [0.15, 0.2) is 110 Å². The van der Waals surface area contributed by atoms with Crippen molar-refractivity contribution in [2.45, 2.75) is 80.1 Å². The molecule has 0 saturated carbocycles. The molecule has 0 aliphatic heterocycles. The van der Waals surface area contributed by atoms with Crippen LogP contribution in [0.2, 0.25) is 0 Å². The molecular formula is C48H57I3N3O4P. The third-order valence-electron chi connectivity index (χ3n) is 9.27. The first-order valence-corrected chi connectivity index (χ1v) is 24.5. The third kappa shape index (κ3) is 17.0. The molecule has 0 aliphatic rings. The Morgan fingerprint density at radius 2 is 0.712 bits per heavy atom. The van der Waals surface area contributed by atoms with Crippen molar-refractivity contribution in [3.05, 3.63) is 154 Å². The van der Waals surface area contributed by atoms with Crippen molar-refractivity contribution in [3.8, 4) is 33.4 Å². The maximum Gasteiger partial charge on any atom is 0.177 e. The van der Waals surface area contributed by atoms with E-state index < -0.39 is 7.82 Å². The molecule has 3 heterocycles. The lowest BCUT2D eigenvalue weighted by molar-refractivity contribution is -0.671. The lowest BCUT2D eigenvalue weighted by atomic mass is 10.0. The Labute approximate surface area is 393 Å². The number of pyridine rings is 3. The second-order valence-corrected chi connectivity index (χ2v) is 18.9. The molecule has 6 rings (SSSR count). The average molecular weight is 1150 g/mol. The van der Waals surface area contributed by atoms with Crippen molar-refractivity contribution in [2.75, 3.05) is 0 Å². The summed E-state index contributed by atoms with van der Waals surface area (Å²) in [4.78, 5) is 25.6. The number of aromatic nitrogens is 3. The molecule has 0 N–H and O–H groups in total. The Bertz CT molecular complexity index is 2110. The summed E-state index contributed by atoms with van der Waals surface area (Å²) in [5.74, 6) is 0. The lowest BCUT2D eigenvalue weighted by Crippen LogP contribution is -2.28. The highest BCUT2D eigenvalue weighted by Crippen LogP contribution is 2.29. The van der Waals surface area contributed by atoms with Gasteiger partial charge in [-0.2, -0.15) is 7.82 Å². The predicted octanol–water partition coefficient (Wildman–Crippen LogP) is 9.31. The van der Waals surface area contributed by atoms with Gasteiger partial charge in [-0.15, -0.1) is 0 Å². The van der Waals surface area contributed by atoms with E-state index in [4.69, 9.17) is 19.2 Å². The molecule has 7 nitrogen and oxygen atoms in total. The molecule has 0 fully saturated rings. The molecule has 0 unspecified atom stereocenters. The van der Waals surface area contributed by atoms with Crippen molar-refractivity contribution in [1.29, 1.82) is 0 Å². The van der Waals surface area contributed by atoms with E-state index in [0.29, 0.717) is 0 Å². The van der Waals surface area contributed by atoms with Gasteiger partial charge in [-0.05, 0) is 141 Å². The Morgan fingerprint density at radius 1 is 0.475 bits per heavy atom. The average Bonchev–Trinajstić information content (AvgIpc) is 3.16. The minimum absolute atomic E-state index is 1.16. The number of hydrogen-bond donors (Lipinski definition) is 0. The van der Waals surface area contributed by atoms with Crippen LogP contribution < -0.4 is 28.4 Å². The van der Waals surface area contributed by atoms with Crippen molar-refractivity contribution in [3.63, 3.8) is 0 Å². The van der Waals surface area contributed by atoms with E-state index in [1.165, 1.54) is 96.7 Å². The van der Waals surface area contributed by atoms with Crippen molar-refractivity contribution < 1.29 is 32.9 Å². The molecule has 0 spiro atoms. The highest BCUT2D eigenvalue weighted by molar-refractivity contribution is 14.1. The Morgan fingerprint density at radius 3 is 0.932 bits per heavy atom. The zero-order chi connectivity index (χ0) is 43.9. The van der Waals surface area contributed by atoms with Crippen LogP contribution in [0.25, 0.3) is 33.4 Å². The van der Waals surface area contributed by atoms with E-state index in [2.05, 4.69) is 254 Å². The summed E-state index contributed by atoms with van der Waals surface area (Å²) in [6.07, 6.45) is 20.2. The van der Waals surface area contributed by atoms with Crippen LogP contribution in [-0.4, -0.2) is 0 Å². The Balaban J connectivity index is 0.000000223. The van der Waals surface area contributed by atoms with Gasteiger partial charge >= 0.3 is 0 Å². The highest BCUT2D eigenvalue weighted by atomic mass is 127. The van der Waals surface area contributed by atoms with Gasteiger partial charge in [0.1, 0.15) is 21.1 Å². The SMILES string of the molecule is CCCc1cccc(-c2c[n+](C)cc(C)c2I)c1.CCCc1cccc(-c2c[n+](C)cc(C)c2I)c1.CCCc1cccc(-c2c[n+](C)cc(C)c2I)c1.O=P([O-])([O-])[O-]. The van der Waals surface area contributed by atoms with Gasteiger partial charge in [0.25, 0.3) is 0 Å². The highest BCUT2D eigenvalue weighted by Gasteiger charge is 2.14. The van der Waals surface area contributed by atoms with Crippen LogP contribution in [0.5, 0.6) is 0 Å². The summed E-state index contributed by atoms with van der Waals surface area (Å²) in [5, 5.41) is 0. The molecule has 3 aromatic heterocycles. The Kier molecular flexibility index (Phi) is 21.3. The minimum atomic E-state index is -5.39. The summed E-state index contributed by atoms with van der Waals surface area (Å²) in [5.41, 5.74) is 16.2. The minimum Gasteiger partial charge on any atom is -0.822 e. The largest absolute Gasteiger partial charge is 0.822 e. The summed E-state index contributed by atoms with van der Waals surface area (Å²) >= 11 is 7.33. The number of nitrogens with zero attached hydrogens (tertiary/aromatic N) is 3. The first kappa shape index (κ1) is 50.8. The molecule has 314 valence electrons. The number of rotatable bonds is 9. The fourth-order valence-corrected chi connectivity index (χ4v) is 8.54. The molecule has 0 saturated heterocycles. The molecule has 59 heavy (non-hydrogen) atoms. The van der Waals surface area contributed by atoms with Gasteiger partial charge in [-0.1, -0.05) is 113 Å². The van der Waals surface area contributed by atoms with E-state index in [1.807, 2.05) is 0 Å². The topological polar surface area (TPSA) is 97.9 Å². The van der Waals surface area contributed by atoms with Crippen molar-refractivity contribution >= 4 is 75.6 Å². The summed E-state index contributed by atoms with van der Waals surface area (Å²) in [7, 11) is 0.868. The Hall–Kier alpha value is -2.59. The second kappa shape index (κ2) is 24.8. The summed E-state index contributed by atoms with van der Waals surface area (Å²) in [6.45, 7) is 13.2. The van der Waals surface area contributed by atoms with Crippen LogP contribution in [0, 0.1) is 31.5 Å². The van der Waals surface area contributed by atoms with E-state index in [1.54, 1.807) is 0 Å². The number of halogens is 3. The monoisotopic (exact) mass is 1150 g/mol. The molecule has 0 amide bonds. The first-order chi connectivity index (χ1) is 27.8. The van der Waals surface area contributed by atoms with Crippen LogP contribution >= 0.6 is 75.6 Å². The van der Waals surface area contributed by atoms with Crippen LogP contribution in [0.3, 0.4) is 0 Å². The fourth-order valence-electron chi connectivity index (χ4n) is 6.77. The normalized spacial score (nSPS) is 10.8. The maximum absolute atomic E-state index is 8.55. The van der Waals surface area contributed by atoms with Gasteiger partial charge in [0, 0.05) is 27.4 Å². The van der Waals surface area contributed by atoms with Crippen LogP contribution in [0.1, 0.15) is 73.4 Å². The second-order valence-electron chi connectivity index (χ2n) is 14.8. The van der Waals surface area contributed by atoms with E-state index in [0.717, 1.165) is 19.3 Å². The molecular weight excluding hydrogens is 1090 g/mol. The standard InChI is InChI=1S/3C16H19IN.H3O4P/c3*1-4-6-13-7-5-8-14(9-13)15-11-18(3)10-12(2)16(15)17;1-5(2,3)4/h3*5,7-11H,4,6H2,1-3H3;(H3,1,2,3,4)/q3*+1;/p-3. The van der Waals surface area contributed by atoms with E-state index >= 15 is 0 Å². The van der Waals surface area contributed by atoms with Crippen molar-refractivity contribution in [2.24, 2.45) is 21.1 Å². The zero-order valence-electron chi connectivity index (χ0n) is 35.7. The number of aryl methyl sites for hydroxylation is 9. The quantitative estimate of drug-likeness (QED) is 0.0820. The molecule has 0 bridgehead atoms. The van der Waals surface area contributed by atoms with Crippen LogP contribution in [-0.2, 0) is 45.0 Å². The lowest BCUT2D eigenvalue weighted by Gasteiger charge is -2.36. The fraction of sp³-hybridized carbons (Fsp3) is 0.312. The van der Waals surface area contributed by atoms with E-state index in [-0.39, 0.29) is 0 Å². The predicted molar refractivity (Wildman–Crippen MR) is 261 cm³/mol. The maximum atomic E-state index is 8.55. The molecule has 0 atom stereocenters. The first-order valence-electron chi connectivity index (χ1n) is 19.8. The molecule has 11 heteroatoms. The summed E-state index contributed by atoms with van der Waals surface area (Å²) in [6, 6.07) is 26.7. The zero-order valence-corrected chi connectivity index (χ0v) is 43.1. The van der Waals surface area contributed by atoms with Gasteiger partial charge in [0.15, 0.2) is 37.2 Å². The molecule has 3 aromatic carbocycles. The number of benzene rings is 3. The van der Waals surface area contributed by atoms with Gasteiger partial charge < -0.3 is 19.2 Å². The van der Waals surface area contributed by atoms with Gasteiger partial charge in [-0.3, -0.25) is 0 Å². The molecule has 0 radical (unpaired) electrons. The molecule has 6 aromatic rings. The molecule has 0 aliphatic carbocycles. The smallest absolute Gasteiger partial charge is 0.177 e. The van der Waals surface area contributed by atoms with Gasteiger partial charge in [0.2, 0.25) is 0 Å². The third-order valence-corrected chi connectivity index (χ3v) is 13.6. The van der Waals surface area contributed by atoms with Gasteiger partial charge in [-0.25, -0.2) is 13.7 Å². The number of phosphoric acid groups is 1. The number of hydrogen-bond acceptors (Lipinski definition) is 4. The van der Waals surface area contributed by atoms with Crippen LogP contribution in [0.4, 0.5) is 0 Å².